The van der Waals surface area contributed by atoms with E-state index in [1.807, 2.05) is 0 Å². The largest absolute Gasteiger partial charge is 0.365 e. The fourth-order valence-electron chi connectivity index (χ4n) is 1.29. The van der Waals surface area contributed by atoms with Crippen molar-refractivity contribution in [2.45, 2.75) is 13.5 Å². The third-order valence-electron chi connectivity index (χ3n) is 2.05. The van der Waals surface area contributed by atoms with Crippen LogP contribution in [-0.2, 0) is 6.54 Å². The zero-order chi connectivity index (χ0) is 11.4. The lowest BCUT2D eigenvalue weighted by molar-refractivity contribution is 1.09. The monoisotopic (exact) mass is 235 g/mol. The van der Waals surface area contributed by atoms with Gasteiger partial charge in [-0.05, 0) is 19.1 Å². The molecule has 2 heterocycles. The highest BCUT2D eigenvalue weighted by molar-refractivity contribution is 7.11. The molecule has 84 valence electrons. The average Bonchev–Trinajstić information content (AvgIpc) is 2.73. The molecule has 0 saturated carbocycles. The van der Waals surface area contributed by atoms with Crippen LogP contribution in [0.2, 0.25) is 0 Å². The van der Waals surface area contributed by atoms with Crippen molar-refractivity contribution in [3.63, 3.8) is 0 Å². The van der Waals surface area contributed by atoms with Crippen LogP contribution in [0.15, 0.2) is 24.5 Å². The number of aromatic nitrogens is 2. The maximum atomic E-state index is 5.26. The summed E-state index contributed by atoms with van der Waals surface area (Å²) < 4.78 is 0. The number of hydrazine groups is 1. The van der Waals surface area contributed by atoms with Crippen LogP contribution in [0.3, 0.4) is 0 Å². The Labute approximate surface area is 97.7 Å². The molecule has 0 atom stereocenters. The van der Waals surface area contributed by atoms with Crippen LogP contribution in [0.4, 0.5) is 11.6 Å². The van der Waals surface area contributed by atoms with E-state index >= 15 is 0 Å². The number of nitrogens with zero attached hydrogens (tertiary/aromatic N) is 2. The van der Waals surface area contributed by atoms with E-state index in [9.17, 15) is 0 Å². The Kier molecular flexibility index (Phi) is 3.33. The highest BCUT2D eigenvalue weighted by Crippen LogP contribution is 2.16. The predicted octanol–water partition coefficient (Wildman–Crippen LogP) is 1.74. The minimum Gasteiger partial charge on any atom is -0.365 e. The van der Waals surface area contributed by atoms with Gasteiger partial charge in [0.15, 0.2) is 0 Å². The molecule has 0 aliphatic rings. The van der Waals surface area contributed by atoms with Gasteiger partial charge in [0.25, 0.3) is 0 Å². The van der Waals surface area contributed by atoms with Crippen molar-refractivity contribution in [3.05, 3.63) is 34.3 Å². The van der Waals surface area contributed by atoms with Crippen LogP contribution in [0.25, 0.3) is 0 Å². The predicted molar refractivity (Wildman–Crippen MR) is 66.2 cm³/mol. The fraction of sp³-hybridized carbons (Fsp3) is 0.200. The lowest BCUT2D eigenvalue weighted by Gasteiger charge is -2.04. The summed E-state index contributed by atoms with van der Waals surface area (Å²) in [7, 11) is 0. The maximum absolute atomic E-state index is 5.26. The zero-order valence-corrected chi connectivity index (χ0v) is 9.71. The SMILES string of the molecule is Cc1ccc(CNc2cc(NN)ncn2)s1. The van der Waals surface area contributed by atoms with Gasteiger partial charge in [0.1, 0.15) is 18.0 Å². The second-order valence-electron chi connectivity index (χ2n) is 3.30. The van der Waals surface area contributed by atoms with E-state index in [1.165, 1.54) is 16.1 Å². The molecule has 0 aromatic carbocycles. The molecule has 16 heavy (non-hydrogen) atoms. The molecule has 2 rings (SSSR count). The van der Waals surface area contributed by atoms with Gasteiger partial charge in [-0.3, -0.25) is 0 Å². The molecule has 2 aromatic rings. The Morgan fingerprint density at radius 1 is 1.31 bits per heavy atom. The molecule has 5 nitrogen and oxygen atoms in total. The van der Waals surface area contributed by atoms with Gasteiger partial charge in [0.05, 0.1) is 6.54 Å². The molecule has 0 aliphatic heterocycles. The number of hydrogen-bond donors (Lipinski definition) is 3. The highest BCUT2D eigenvalue weighted by atomic mass is 32.1. The molecular weight excluding hydrogens is 222 g/mol. The quantitative estimate of drug-likeness (QED) is 0.556. The topological polar surface area (TPSA) is 75.9 Å². The van der Waals surface area contributed by atoms with E-state index in [2.05, 4.69) is 39.8 Å². The Bertz CT molecular complexity index is 468. The number of anilines is 2. The van der Waals surface area contributed by atoms with E-state index in [-0.39, 0.29) is 0 Å². The first-order valence-corrected chi connectivity index (χ1v) is 5.67. The summed E-state index contributed by atoms with van der Waals surface area (Å²) in [5.41, 5.74) is 2.48. The van der Waals surface area contributed by atoms with Crippen molar-refractivity contribution in [1.82, 2.24) is 9.97 Å². The van der Waals surface area contributed by atoms with Gasteiger partial charge >= 0.3 is 0 Å². The minimum absolute atomic E-state index is 0.597. The van der Waals surface area contributed by atoms with E-state index in [0.717, 1.165) is 12.4 Å². The number of hydrogen-bond acceptors (Lipinski definition) is 6. The van der Waals surface area contributed by atoms with Crippen molar-refractivity contribution >= 4 is 23.0 Å². The zero-order valence-electron chi connectivity index (χ0n) is 8.90. The van der Waals surface area contributed by atoms with Crippen molar-refractivity contribution in [2.24, 2.45) is 5.84 Å². The number of thiophene rings is 1. The lowest BCUT2D eigenvalue weighted by atomic mass is 10.4. The Hall–Kier alpha value is -1.66. The van der Waals surface area contributed by atoms with Gasteiger partial charge in [-0.25, -0.2) is 15.8 Å². The second kappa shape index (κ2) is 4.91. The van der Waals surface area contributed by atoms with Crippen molar-refractivity contribution < 1.29 is 0 Å². The van der Waals surface area contributed by atoms with Crippen LogP contribution < -0.4 is 16.6 Å². The van der Waals surface area contributed by atoms with Gasteiger partial charge in [0, 0.05) is 15.8 Å². The number of nitrogen functional groups attached to an aromatic ring is 1. The summed E-state index contributed by atoms with van der Waals surface area (Å²) in [4.78, 5) is 10.6. The average molecular weight is 235 g/mol. The highest BCUT2D eigenvalue weighted by Gasteiger charge is 1.99. The second-order valence-corrected chi connectivity index (χ2v) is 4.67. The molecule has 0 aliphatic carbocycles. The summed E-state index contributed by atoms with van der Waals surface area (Å²) in [5.74, 6) is 6.62. The maximum Gasteiger partial charge on any atom is 0.145 e. The molecule has 0 spiro atoms. The number of nitrogens with two attached hydrogens (primary N) is 1. The summed E-state index contributed by atoms with van der Waals surface area (Å²) in [6.45, 7) is 2.86. The van der Waals surface area contributed by atoms with E-state index in [1.54, 1.807) is 17.4 Å². The molecule has 0 amide bonds. The first kappa shape index (κ1) is 10.8. The number of nitrogens with one attached hydrogen (secondary N) is 2. The Balaban J connectivity index is 1.99. The number of aryl methyl sites for hydroxylation is 1. The standard InChI is InChI=1S/C10H13N5S/c1-7-2-3-8(16-7)5-12-9-4-10(15-11)14-6-13-9/h2-4,6H,5,11H2,1H3,(H2,12,13,14,15). The third-order valence-corrected chi connectivity index (χ3v) is 3.06. The van der Waals surface area contributed by atoms with Gasteiger partial charge in [-0.1, -0.05) is 0 Å². The van der Waals surface area contributed by atoms with Crippen molar-refractivity contribution in [1.29, 1.82) is 0 Å². The number of rotatable bonds is 4. The van der Waals surface area contributed by atoms with Crippen LogP contribution >= 0.6 is 11.3 Å². The summed E-state index contributed by atoms with van der Waals surface area (Å²) in [5, 5.41) is 3.21. The molecule has 0 unspecified atom stereocenters. The molecular formula is C10H13N5S. The normalized spacial score (nSPS) is 10.1. The van der Waals surface area contributed by atoms with E-state index in [4.69, 9.17) is 5.84 Å². The van der Waals surface area contributed by atoms with Crippen LogP contribution in [0, 0.1) is 6.92 Å². The molecule has 0 saturated heterocycles. The third kappa shape index (κ3) is 2.68. The molecule has 0 radical (unpaired) electrons. The first-order chi connectivity index (χ1) is 7.78. The van der Waals surface area contributed by atoms with Crippen LogP contribution in [0.1, 0.15) is 9.75 Å². The van der Waals surface area contributed by atoms with Gasteiger partial charge in [-0.2, -0.15) is 0 Å². The van der Waals surface area contributed by atoms with Gasteiger partial charge in [-0.15, -0.1) is 11.3 Å². The summed E-state index contributed by atoms with van der Waals surface area (Å²) in [6, 6.07) is 5.98. The Morgan fingerprint density at radius 3 is 2.81 bits per heavy atom. The lowest BCUT2D eigenvalue weighted by Crippen LogP contribution is -2.09. The molecule has 0 bridgehead atoms. The van der Waals surface area contributed by atoms with E-state index < -0.39 is 0 Å². The molecule has 0 fully saturated rings. The van der Waals surface area contributed by atoms with Gasteiger partial charge < -0.3 is 10.7 Å². The van der Waals surface area contributed by atoms with Crippen LogP contribution in [-0.4, -0.2) is 9.97 Å². The van der Waals surface area contributed by atoms with Gasteiger partial charge in [0.2, 0.25) is 0 Å². The van der Waals surface area contributed by atoms with Crippen molar-refractivity contribution in [3.8, 4) is 0 Å². The molecule has 6 heteroatoms. The smallest absolute Gasteiger partial charge is 0.145 e. The minimum atomic E-state index is 0.597. The van der Waals surface area contributed by atoms with Crippen LogP contribution in [0.5, 0.6) is 0 Å². The summed E-state index contributed by atoms with van der Waals surface area (Å²) in [6.07, 6.45) is 1.47. The van der Waals surface area contributed by atoms with Crippen molar-refractivity contribution in [2.75, 3.05) is 10.7 Å². The molecule has 2 aromatic heterocycles. The fourth-order valence-corrected chi connectivity index (χ4v) is 2.12. The first-order valence-electron chi connectivity index (χ1n) is 4.86. The Morgan fingerprint density at radius 2 is 2.12 bits per heavy atom. The summed E-state index contributed by atoms with van der Waals surface area (Å²) >= 11 is 1.77. The molecule has 4 N–H and O–H groups in total. The van der Waals surface area contributed by atoms with E-state index in [0.29, 0.717) is 5.82 Å².